The quantitative estimate of drug-likeness (QED) is 0.448. The molecule has 0 aliphatic heterocycles. The number of hydrogen-bond acceptors (Lipinski definition) is 5. The third-order valence-corrected chi connectivity index (χ3v) is 6.68. The van der Waals surface area contributed by atoms with E-state index in [0.29, 0.717) is 28.6 Å². The number of nitrogens with one attached hydrogen (secondary N) is 1. The van der Waals surface area contributed by atoms with E-state index >= 15 is 0 Å². The van der Waals surface area contributed by atoms with Crippen molar-refractivity contribution in [1.29, 1.82) is 5.26 Å². The van der Waals surface area contributed by atoms with Crippen LogP contribution in [0.5, 0.6) is 11.5 Å². The van der Waals surface area contributed by atoms with Gasteiger partial charge < -0.3 is 14.0 Å². The van der Waals surface area contributed by atoms with Gasteiger partial charge in [-0.25, -0.2) is 13.1 Å². The van der Waals surface area contributed by atoms with Gasteiger partial charge in [-0.15, -0.1) is 11.6 Å². The van der Waals surface area contributed by atoms with Crippen LogP contribution < -0.4 is 14.2 Å². The number of nitrogens with zero attached hydrogens (tertiary/aromatic N) is 2. The first kappa shape index (κ1) is 23.7. The molecule has 1 N–H and O–H groups in total. The lowest BCUT2D eigenvalue weighted by Gasteiger charge is -2.15. The molecule has 2 atom stereocenters. The highest BCUT2D eigenvalue weighted by atomic mass is 35.5. The van der Waals surface area contributed by atoms with E-state index in [-0.39, 0.29) is 18.8 Å². The molecule has 33 heavy (non-hydrogen) atoms. The number of hydrogen-bond donors (Lipinski definition) is 1. The van der Waals surface area contributed by atoms with Gasteiger partial charge >= 0.3 is 0 Å². The van der Waals surface area contributed by atoms with E-state index in [1.54, 1.807) is 12.1 Å². The van der Waals surface area contributed by atoms with Crippen LogP contribution in [0.1, 0.15) is 24.8 Å². The van der Waals surface area contributed by atoms with Crippen molar-refractivity contribution in [3.05, 3.63) is 53.2 Å². The summed E-state index contributed by atoms with van der Waals surface area (Å²) in [6.45, 7) is 0.261. The van der Waals surface area contributed by atoms with Crippen molar-refractivity contribution in [2.75, 3.05) is 18.7 Å². The van der Waals surface area contributed by atoms with Crippen LogP contribution in [-0.2, 0) is 10.0 Å². The van der Waals surface area contributed by atoms with E-state index in [1.165, 1.54) is 6.26 Å². The maximum atomic E-state index is 11.5. The highest BCUT2D eigenvalue weighted by Crippen LogP contribution is 2.34. The molecule has 1 fully saturated rings. The van der Waals surface area contributed by atoms with E-state index in [4.69, 9.17) is 32.7 Å². The van der Waals surface area contributed by atoms with Gasteiger partial charge in [0.1, 0.15) is 24.5 Å². The first-order valence-corrected chi connectivity index (χ1v) is 13.3. The summed E-state index contributed by atoms with van der Waals surface area (Å²) in [6, 6.07) is 13.3. The molecule has 4 rings (SSSR count). The van der Waals surface area contributed by atoms with Crippen molar-refractivity contribution in [2.45, 2.75) is 31.4 Å². The second kappa shape index (κ2) is 9.82. The second-order valence-corrected chi connectivity index (χ2v) is 10.6. The zero-order chi connectivity index (χ0) is 23.6. The monoisotopic (exact) mass is 507 g/mol. The van der Waals surface area contributed by atoms with E-state index in [9.17, 15) is 13.7 Å². The molecular formula is C23H23Cl2N3O4S. The van der Waals surface area contributed by atoms with Crippen LogP contribution in [0, 0.1) is 11.3 Å². The first-order valence-electron chi connectivity index (χ1n) is 10.5. The van der Waals surface area contributed by atoms with E-state index in [1.807, 2.05) is 35.0 Å². The Morgan fingerprint density at radius 2 is 2.06 bits per heavy atom. The number of nitriles is 1. The molecule has 1 heterocycles. The van der Waals surface area contributed by atoms with Crippen LogP contribution in [-0.4, -0.2) is 43.9 Å². The number of fused-ring (bicyclic) bond motifs is 1. The Balaban J connectivity index is 1.54. The molecule has 0 saturated heterocycles. The lowest BCUT2D eigenvalue weighted by molar-refractivity contribution is 0.208. The molecule has 10 heteroatoms. The summed E-state index contributed by atoms with van der Waals surface area (Å²) in [5.74, 6) is 1.35. The van der Waals surface area contributed by atoms with Crippen molar-refractivity contribution in [1.82, 2.24) is 9.29 Å². The summed E-state index contributed by atoms with van der Waals surface area (Å²) >= 11 is 12.1. The Morgan fingerprint density at radius 1 is 1.24 bits per heavy atom. The molecule has 0 amide bonds. The maximum Gasteiger partial charge on any atom is 0.208 e. The third-order valence-electron chi connectivity index (χ3n) is 5.48. The molecule has 1 aromatic heterocycles. The van der Waals surface area contributed by atoms with Crippen LogP contribution in [0.4, 0.5) is 0 Å². The fraction of sp³-hybridized carbons (Fsp3) is 0.348. The molecule has 1 aliphatic carbocycles. The number of rotatable bonds is 8. The van der Waals surface area contributed by atoms with Crippen LogP contribution in [0.2, 0.25) is 5.02 Å². The van der Waals surface area contributed by atoms with Gasteiger partial charge in [-0.2, -0.15) is 5.26 Å². The van der Waals surface area contributed by atoms with E-state index in [2.05, 4.69) is 10.8 Å². The summed E-state index contributed by atoms with van der Waals surface area (Å²) < 4.78 is 39.1. The molecule has 1 saturated carbocycles. The van der Waals surface area contributed by atoms with Gasteiger partial charge in [-0.05, 0) is 49.2 Å². The summed E-state index contributed by atoms with van der Waals surface area (Å²) in [7, 11) is -3.22. The molecule has 2 aromatic carbocycles. The SMILES string of the molecule is CS(=O)(=O)N[C@@H]1CC[C@@H](Oc2ccc3c(ccn3-c3cc(Cl)c(OCCCl)c(C#N)c3)c2)C1. The zero-order valence-electron chi connectivity index (χ0n) is 17.9. The van der Waals surface area contributed by atoms with E-state index < -0.39 is 10.0 Å². The Hall–Kier alpha value is -2.44. The van der Waals surface area contributed by atoms with Crippen molar-refractivity contribution >= 4 is 44.1 Å². The average molecular weight is 508 g/mol. The first-order chi connectivity index (χ1) is 15.8. The van der Waals surface area contributed by atoms with E-state index in [0.717, 1.165) is 35.2 Å². The fourth-order valence-electron chi connectivity index (χ4n) is 4.16. The average Bonchev–Trinajstić information content (AvgIpc) is 3.37. The van der Waals surface area contributed by atoms with Crippen molar-refractivity contribution < 1.29 is 17.9 Å². The zero-order valence-corrected chi connectivity index (χ0v) is 20.3. The largest absolute Gasteiger partial charge is 0.490 e. The molecule has 174 valence electrons. The van der Waals surface area contributed by atoms with Crippen LogP contribution in [0.25, 0.3) is 16.6 Å². The number of aromatic nitrogens is 1. The molecule has 0 radical (unpaired) electrons. The second-order valence-electron chi connectivity index (χ2n) is 8.00. The summed E-state index contributed by atoms with van der Waals surface area (Å²) in [5.41, 5.74) is 2.01. The van der Waals surface area contributed by atoms with Crippen molar-refractivity contribution in [3.63, 3.8) is 0 Å². The van der Waals surface area contributed by atoms with Crippen LogP contribution in [0.3, 0.4) is 0 Å². The van der Waals surface area contributed by atoms with Gasteiger partial charge in [0.25, 0.3) is 0 Å². The molecular weight excluding hydrogens is 485 g/mol. The Morgan fingerprint density at radius 3 is 2.79 bits per heavy atom. The van der Waals surface area contributed by atoms with Gasteiger partial charge in [0.2, 0.25) is 10.0 Å². The summed E-state index contributed by atoms with van der Waals surface area (Å²) in [4.78, 5) is 0. The molecule has 0 spiro atoms. The number of ether oxygens (including phenoxy) is 2. The Kier molecular flexibility index (Phi) is 7.05. The fourth-order valence-corrected chi connectivity index (χ4v) is 5.32. The summed E-state index contributed by atoms with van der Waals surface area (Å²) in [6.07, 6.45) is 5.22. The molecule has 3 aromatic rings. The van der Waals surface area contributed by atoms with Gasteiger partial charge in [0.15, 0.2) is 5.75 Å². The lowest BCUT2D eigenvalue weighted by atomic mass is 10.2. The van der Waals surface area contributed by atoms with Crippen LogP contribution >= 0.6 is 23.2 Å². The molecule has 0 bridgehead atoms. The highest BCUT2D eigenvalue weighted by molar-refractivity contribution is 7.88. The van der Waals surface area contributed by atoms with Crippen molar-refractivity contribution in [3.8, 4) is 23.3 Å². The maximum absolute atomic E-state index is 11.5. The minimum absolute atomic E-state index is 0.0405. The van der Waals surface area contributed by atoms with Gasteiger partial charge in [0, 0.05) is 29.7 Å². The van der Waals surface area contributed by atoms with Gasteiger partial charge in [-0.3, -0.25) is 0 Å². The number of sulfonamides is 1. The molecule has 7 nitrogen and oxygen atoms in total. The molecule has 0 unspecified atom stereocenters. The third kappa shape index (κ3) is 5.56. The predicted octanol–water partition coefficient (Wildman–Crippen LogP) is 4.62. The topological polar surface area (TPSA) is 93.3 Å². The minimum Gasteiger partial charge on any atom is -0.490 e. The number of alkyl halides is 1. The number of halogens is 2. The predicted molar refractivity (Wildman–Crippen MR) is 129 cm³/mol. The van der Waals surface area contributed by atoms with Gasteiger partial charge in [-0.1, -0.05) is 11.6 Å². The normalized spacial score (nSPS) is 18.4. The number of benzene rings is 2. The Labute approximate surface area is 202 Å². The lowest BCUT2D eigenvalue weighted by Crippen LogP contribution is -2.32. The standard InChI is InChI=1S/C23H23Cl2N3O4S/c1-33(29,30)27-17-2-3-20(12-17)32-19-4-5-22-15(11-19)6-8-28(22)18-10-16(14-26)23(21(25)13-18)31-9-7-24/h4-6,8,10-11,13,17,20,27H,2-3,7,9,12H2,1H3/t17-,20-/m1/s1. The molecule has 1 aliphatic rings. The van der Waals surface area contributed by atoms with Gasteiger partial charge in [0.05, 0.1) is 28.2 Å². The summed E-state index contributed by atoms with van der Waals surface area (Å²) in [5, 5.41) is 10.9. The van der Waals surface area contributed by atoms with Crippen LogP contribution in [0.15, 0.2) is 42.6 Å². The minimum atomic E-state index is -3.22. The Bertz CT molecular complexity index is 1320. The highest BCUT2D eigenvalue weighted by Gasteiger charge is 2.28. The smallest absolute Gasteiger partial charge is 0.208 e. The van der Waals surface area contributed by atoms with Crippen molar-refractivity contribution in [2.24, 2.45) is 0 Å².